The summed E-state index contributed by atoms with van der Waals surface area (Å²) in [6.07, 6.45) is 2.51. The SMILES string of the molecule is CC(c1cccc(C(C)(C)O)c1O)C1CC1. The van der Waals surface area contributed by atoms with Gasteiger partial charge in [-0.25, -0.2) is 0 Å². The highest BCUT2D eigenvalue weighted by atomic mass is 16.3. The van der Waals surface area contributed by atoms with Crippen molar-refractivity contribution in [3.05, 3.63) is 29.3 Å². The van der Waals surface area contributed by atoms with Gasteiger partial charge in [-0.2, -0.15) is 0 Å². The quantitative estimate of drug-likeness (QED) is 0.821. The third kappa shape index (κ3) is 2.07. The molecule has 1 saturated carbocycles. The second kappa shape index (κ2) is 3.77. The highest BCUT2D eigenvalue weighted by molar-refractivity contribution is 5.45. The molecule has 0 bridgehead atoms. The van der Waals surface area contributed by atoms with E-state index in [0.717, 1.165) is 5.56 Å². The van der Waals surface area contributed by atoms with Crippen LogP contribution < -0.4 is 0 Å². The average Bonchev–Trinajstić information content (AvgIpc) is 2.98. The molecule has 1 fully saturated rings. The van der Waals surface area contributed by atoms with E-state index in [2.05, 4.69) is 6.92 Å². The van der Waals surface area contributed by atoms with Gasteiger partial charge in [-0.3, -0.25) is 0 Å². The predicted octanol–water partition coefficient (Wildman–Crippen LogP) is 3.13. The average molecular weight is 220 g/mol. The van der Waals surface area contributed by atoms with Crippen LogP contribution in [0.4, 0.5) is 0 Å². The number of aliphatic hydroxyl groups is 1. The van der Waals surface area contributed by atoms with E-state index in [9.17, 15) is 10.2 Å². The summed E-state index contributed by atoms with van der Waals surface area (Å²) in [5.74, 6) is 1.37. The van der Waals surface area contributed by atoms with Crippen molar-refractivity contribution in [3.63, 3.8) is 0 Å². The molecule has 1 aliphatic carbocycles. The summed E-state index contributed by atoms with van der Waals surface area (Å²) < 4.78 is 0. The Kier molecular flexibility index (Phi) is 2.70. The summed E-state index contributed by atoms with van der Waals surface area (Å²) >= 11 is 0. The molecule has 0 saturated heterocycles. The second-order valence-electron chi connectivity index (χ2n) is 5.43. The first-order valence-corrected chi connectivity index (χ1v) is 5.96. The van der Waals surface area contributed by atoms with Crippen LogP contribution in [0.1, 0.15) is 50.7 Å². The Hall–Kier alpha value is -1.02. The van der Waals surface area contributed by atoms with Gasteiger partial charge in [0.15, 0.2) is 0 Å². The van der Waals surface area contributed by atoms with Gasteiger partial charge in [0, 0.05) is 5.56 Å². The van der Waals surface area contributed by atoms with Crippen LogP contribution in [0.15, 0.2) is 18.2 Å². The van der Waals surface area contributed by atoms with Crippen molar-refractivity contribution in [2.75, 3.05) is 0 Å². The van der Waals surface area contributed by atoms with Gasteiger partial charge in [0.1, 0.15) is 5.75 Å². The highest BCUT2D eigenvalue weighted by Crippen LogP contribution is 2.46. The highest BCUT2D eigenvalue weighted by Gasteiger charge is 2.32. The molecule has 1 aliphatic rings. The molecule has 1 aromatic carbocycles. The van der Waals surface area contributed by atoms with Crippen molar-refractivity contribution < 1.29 is 10.2 Å². The number of benzene rings is 1. The van der Waals surface area contributed by atoms with Gasteiger partial charge in [-0.1, -0.05) is 25.1 Å². The molecule has 0 aliphatic heterocycles. The minimum Gasteiger partial charge on any atom is -0.507 e. The Labute approximate surface area is 96.9 Å². The number of hydrogen-bond donors (Lipinski definition) is 2. The van der Waals surface area contributed by atoms with E-state index in [1.54, 1.807) is 19.9 Å². The molecule has 0 heterocycles. The second-order valence-corrected chi connectivity index (χ2v) is 5.43. The summed E-state index contributed by atoms with van der Waals surface area (Å²) in [7, 11) is 0. The fraction of sp³-hybridized carbons (Fsp3) is 0.571. The lowest BCUT2D eigenvalue weighted by molar-refractivity contribution is 0.0756. The molecule has 2 rings (SSSR count). The lowest BCUT2D eigenvalue weighted by atomic mass is 9.89. The first kappa shape index (κ1) is 11.5. The zero-order valence-corrected chi connectivity index (χ0v) is 10.2. The zero-order valence-electron chi connectivity index (χ0n) is 10.2. The van der Waals surface area contributed by atoms with Crippen molar-refractivity contribution in [2.45, 2.75) is 45.1 Å². The van der Waals surface area contributed by atoms with Crippen LogP contribution in [0.25, 0.3) is 0 Å². The molecule has 0 aromatic heterocycles. The molecule has 2 N–H and O–H groups in total. The first-order valence-electron chi connectivity index (χ1n) is 5.96. The molecule has 2 heteroatoms. The van der Waals surface area contributed by atoms with E-state index < -0.39 is 5.60 Å². The minimum atomic E-state index is -0.983. The molecule has 2 nitrogen and oxygen atoms in total. The Morgan fingerprint density at radius 1 is 1.31 bits per heavy atom. The molecule has 16 heavy (non-hydrogen) atoms. The van der Waals surface area contributed by atoms with Crippen molar-refractivity contribution in [1.82, 2.24) is 0 Å². The predicted molar refractivity (Wildman–Crippen MR) is 64.5 cm³/mol. The number of phenolic OH excluding ortho intramolecular Hbond substituents is 1. The Morgan fingerprint density at radius 3 is 2.44 bits per heavy atom. The van der Waals surface area contributed by atoms with E-state index in [1.807, 2.05) is 12.1 Å². The minimum absolute atomic E-state index is 0.273. The topological polar surface area (TPSA) is 40.5 Å². The first-order chi connectivity index (χ1) is 7.41. The summed E-state index contributed by atoms with van der Waals surface area (Å²) in [6.45, 7) is 5.56. The molecule has 1 atom stereocenters. The van der Waals surface area contributed by atoms with E-state index in [1.165, 1.54) is 12.8 Å². The van der Waals surface area contributed by atoms with E-state index >= 15 is 0 Å². The van der Waals surface area contributed by atoms with E-state index in [4.69, 9.17) is 0 Å². The van der Waals surface area contributed by atoms with Crippen molar-refractivity contribution >= 4 is 0 Å². The fourth-order valence-electron chi connectivity index (χ4n) is 2.27. The van der Waals surface area contributed by atoms with Gasteiger partial charge in [0.2, 0.25) is 0 Å². The monoisotopic (exact) mass is 220 g/mol. The van der Waals surface area contributed by atoms with Crippen LogP contribution in [0.5, 0.6) is 5.75 Å². The summed E-state index contributed by atoms with van der Waals surface area (Å²) in [5.41, 5.74) is 0.614. The lowest BCUT2D eigenvalue weighted by Gasteiger charge is -2.22. The summed E-state index contributed by atoms with van der Waals surface area (Å²) in [4.78, 5) is 0. The van der Waals surface area contributed by atoms with Gasteiger partial charge in [-0.05, 0) is 44.1 Å². The van der Waals surface area contributed by atoms with Crippen LogP contribution >= 0.6 is 0 Å². The van der Waals surface area contributed by atoms with Gasteiger partial charge in [0.25, 0.3) is 0 Å². The number of phenols is 1. The molecular formula is C14H20O2. The summed E-state index contributed by atoms with van der Waals surface area (Å²) in [6, 6.07) is 5.67. The van der Waals surface area contributed by atoms with Gasteiger partial charge in [-0.15, -0.1) is 0 Å². The zero-order chi connectivity index (χ0) is 11.9. The summed E-state index contributed by atoms with van der Waals surface area (Å²) in [5, 5.41) is 20.2. The van der Waals surface area contributed by atoms with E-state index in [0.29, 0.717) is 17.4 Å². The number of para-hydroxylation sites is 1. The largest absolute Gasteiger partial charge is 0.507 e. The van der Waals surface area contributed by atoms with Gasteiger partial charge >= 0.3 is 0 Å². The van der Waals surface area contributed by atoms with Crippen molar-refractivity contribution in [2.24, 2.45) is 5.92 Å². The third-order valence-corrected chi connectivity index (χ3v) is 3.55. The molecule has 0 spiro atoms. The van der Waals surface area contributed by atoms with Crippen LogP contribution in [0, 0.1) is 5.92 Å². The normalized spacial score (nSPS) is 18.5. The van der Waals surface area contributed by atoms with Gasteiger partial charge < -0.3 is 10.2 Å². The third-order valence-electron chi connectivity index (χ3n) is 3.55. The number of rotatable bonds is 3. The van der Waals surface area contributed by atoms with Gasteiger partial charge in [0.05, 0.1) is 5.60 Å². The Balaban J connectivity index is 2.39. The molecular weight excluding hydrogens is 200 g/mol. The Bertz CT molecular complexity index is 386. The molecule has 0 amide bonds. The molecule has 0 radical (unpaired) electrons. The van der Waals surface area contributed by atoms with Crippen molar-refractivity contribution in [1.29, 1.82) is 0 Å². The maximum atomic E-state index is 10.2. The maximum Gasteiger partial charge on any atom is 0.125 e. The molecule has 1 unspecified atom stereocenters. The molecule has 1 aromatic rings. The van der Waals surface area contributed by atoms with Crippen molar-refractivity contribution in [3.8, 4) is 5.75 Å². The standard InChI is InChI=1S/C14H20O2/c1-9(10-7-8-10)11-5-4-6-12(13(11)15)14(2,3)16/h4-6,9-10,15-16H,7-8H2,1-3H3. The number of hydrogen-bond acceptors (Lipinski definition) is 2. The number of aromatic hydroxyl groups is 1. The van der Waals surface area contributed by atoms with Crippen LogP contribution in [-0.4, -0.2) is 10.2 Å². The lowest BCUT2D eigenvalue weighted by Crippen LogP contribution is -2.16. The van der Waals surface area contributed by atoms with Crippen LogP contribution in [0.2, 0.25) is 0 Å². The maximum absolute atomic E-state index is 10.2. The fourth-order valence-corrected chi connectivity index (χ4v) is 2.27. The Morgan fingerprint density at radius 2 is 1.94 bits per heavy atom. The van der Waals surface area contributed by atoms with E-state index in [-0.39, 0.29) is 5.75 Å². The van der Waals surface area contributed by atoms with Crippen LogP contribution in [0.3, 0.4) is 0 Å². The molecule has 88 valence electrons. The smallest absolute Gasteiger partial charge is 0.125 e. The van der Waals surface area contributed by atoms with Crippen LogP contribution in [-0.2, 0) is 5.60 Å².